The van der Waals surface area contributed by atoms with Gasteiger partial charge in [-0.2, -0.15) is 0 Å². The summed E-state index contributed by atoms with van der Waals surface area (Å²) < 4.78 is 5.94. The molecule has 0 saturated heterocycles. The molecular weight excluding hydrogens is 294 g/mol. The second kappa shape index (κ2) is 7.55. The Hall–Kier alpha value is -1.67. The summed E-state index contributed by atoms with van der Waals surface area (Å²) in [4.78, 5) is 2.22. The zero-order valence-corrected chi connectivity index (χ0v) is 14.2. The number of ether oxygens (including phenoxy) is 1. The number of nitrogens with zero attached hydrogens (tertiary/aromatic N) is 1. The summed E-state index contributed by atoms with van der Waals surface area (Å²) in [6.45, 7) is 7.71. The van der Waals surface area contributed by atoms with E-state index >= 15 is 0 Å². The Morgan fingerprint density at radius 3 is 2.50 bits per heavy atom. The van der Waals surface area contributed by atoms with Crippen LogP contribution in [0.1, 0.15) is 26.3 Å². The van der Waals surface area contributed by atoms with E-state index in [0.717, 1.165) is 24.5 Å². The summed E-state index contributed by atoms with van der Waals surface area (Å²) in [6.07, 6.45) is 0. The van der Waals surface area contributed by atoms with Crippen LogP contribution < -0.4 is 9.64 Å². The monoisotopic (exact) mass is 316 g/mol. The van der Waals surface area contributed by atoms with Crippen LogP contribution in [-0.4, -0.2) is 18.0 Å². The largest absolute Gasteiger partial charge is 0.488 e. The van der Waals surface area contributed by atoms with Crippen molar-refractivity contribution >= 4 is 17.3 Å². The van der Waals surface area contributed by atoms with Crippen molar-refractivity contribution in [3.8, 4) is 5.75 Å². The van der Waals surface area contributed by atoms with Gasteiger partial charge in [0.1, 0.15) is 11.4 Å². The second-order valence-electron chi connectivity index (χ2n) is 6.22. The maximum absolute atomic E-state index is 5.97. The molecule has 0 fully saturated rings. The van der Waals surface area contributed by atoms with E-state index < -0.39 is 0 Å². The first-order chi connectivity index (χ1) is 10.5. The Morgan fingerprint density at radius 1 is 1.14 bits per heavy atom. The molecule has 0 aliphatic carbocycles. The summed E-state index contributed by atoms with van der Waals surface area (Å²) in [5, 5.41) is 0. The van der Waals surface area contributed by atoms with E-state index in [9.17, 15) is 0 Å². The lowest BCUT2D eigenvalue weighted by molar-refractivity contribution is 0.131. The van der Waals surface area contributed by atoms with Gasteiger partial charge in [-0.1, -0.05) is 30.3 Å². The van der Waals surface area contributed by atoms with Crippen molar-refractivity contribution in [1.29, 1.82) is 0 Å². The van der Waals surface area contributed by atoms with E-state index in [-0.39, 0.29) is 5.60 Å². The van der Waals surface area contributed by atoms with Gasteiger partial charge in [-0.3, -0.25) is 0 Å². The molecule has 22 heavy (non-hydrogen) atoms. The molecule has 2 aromatic rings. The summed E-state index contributed by atoms with van der Waals surface area (Å²) in [5.74, 6) is 1.43. The van der Waals surface area contributed by atoms with Crippen LogP contribution in [0.4, 0.5) is 5.69 Å². The lowest BCUT2D eigenvalue weighted by Gasteiger charge is -2.26. The molecule has 0 aliphatic rings. The summed E-state index contributed by atoms with van der Waals surface area (Å²) in [5.41, 5.74) is 2.05. The minimum absolute atomic E-state index is 0.213. The van der Waals surface area contributed by atoms with E-state index in [1.807, 2.05) is 45.0 Å². The maximum atomic E-state index is 5.97. The lowest BCUT2D eigenvalue weighted by atomic mass is 10.1. The molecule has 0 aromatic heterocycles. The smallest absolute Gasteiger partial charge is 0.122 e. The third kappa shape index (κ3) is 5.27. The molecule has 0 aliphatic heterocycles. The van der Waals surface area contributed by atoms with Crippen LogP contribution in [0.15, 0.2) is 48.5 Å². The average Bonchev–Trinajstić information content (AvgIpc) is 2.46. The quantitative estimate of drug-likeness (QED) is 0.702. The number of hydrogen-bond donors (Lipinski definition) is 0. The van der Waals surface area contributed by atoms with E-state index in [1.54, 1.807) is 0 Å². The molecule has 2 rings (SSSR count). The molecule has 1 radical (unpaired) electrons. The number of hydrogen-bond acceptors (Lipinski definition) is 2. The molecule has 0 heterocycles. The zero-order valence-electron chi connectivity index (χ0n) is 13.5. The molecule has 0 amide bonds. The normalized spacial score (nSPS) is 11.3. The van der Waals surface area contributed by atoms with Gasteiger partial charge in [0.25, 0.3) is 0 Å². The van der Waals surface area contributed by atoms with Crippen LogP contribution in [0.2, 0.25) is 0 Å². The van der Waals surface area contributed by atoms with Crippen LogP contribution in [0, 0.1) is 6.07 Å². The predicted octanol–water partition coefficient (Wildman–Crippen LogP) is 4.91. The third-order valence-electron chi connectivity index (χ3n) is 3.09. The number of benzene rings is 2. The SMILES string of the molecule is CC(C)(C)Oc1cc[c]c(N(CCCl)Cc2ccccc2)c1. The third-order valence-corrected chi connectivity index (χ3v) is 3.26. The highest BCUT2D eigenvalue weighted by atomic mass is 35.5. The van der Waals surface area contributed by atoms with E-state index in [2.05, 4.69) is 35.2 Å². The van der Waals surface area contributed by atoms with Crippen molar-refractivity contribution < 1.29 is 4.74 Å². The van der Waals surface area contributed by atoms with E-state index in [0.29, 0.717) is 5.88 Å². The second-order valence-corrected chi connectivity index (χ2v) is 6.60. The molecule has 2 aromatic carbocycles. The number of rotatable bonds is 6. The van der Waals surface area contributed by atoms with Crippen molar-refractivity contribution in [3.63, 3.8) is 0 Å². The van der Waals surface area contributed by atoms with Crippen LogP contribution in [0.5, 0.6) is 5.75 Å². The highest BCUT2D eigenvalue weighted by Gasteiger charge is 2.13. The number of anilines is 1. The van der Waals surface area contributed by atoms with Gasteiger partial charge >= 0.3 is 0 Å². The minimum Gasteiger partial charge on any atom is -0.488 e. The fourth-order valence-corrected chi connectivity index (χ4v) is 2.43. The van der Waals surface area contributed by atoms with Crippen molar-refractivity contribution in [1.82, 2.24) is 0 Å². The molecule has 0 atom stereocenters. The standard InChI is InChI=1S/C19H23ClNO/c1-19(2,3)22-18-11-7-10-17(14-18)21(13-12-20)15-16-8-5-4-6-9-16/h4-9,11,14H,12-13,15H2,1-3H3. The Morgan fingerprint density at radius 2 is 1.86 bits per heavy atom. The van der Waals surface area contributed by atoms with Gasteiger partial charge < -0.3 is 9.64 Å². The molecular formula is C19H23ClNO. The molecule has 2 nitrogen and oxygen atoms in total. The molecule has 0 N–H and O–H groups in total. The first-order valence-corrected chi connectivity index (χ1v) is 8.07. The zero-order chi connectivity index (χ0) is 16.0. The van der Waals surface area contributed by atoms with Gasteiger partial charge in [0, 0.05) is 36.8 Å². The van der Waals surface area contributed by atoms with Crippen molar-refractivity contribution in [2.75, 3.05) is 17.3 Å². The first-order valence-electron chi connectivity index (χ1n) is 7.53. The van der Waals surface area contributed by atoms with Gasteiger partial charge in [0.15, 0.2) is 0 Å². The summed E-state index contributed by atoms with van der Waals surface area (Å²) in [6, 6.07) is 19.5. The van der Waals surface area contributed by atoms with Crippen molar-refractivity contribution in [2.24, 2.45) is 0 Å². The van der Waals surface area contributed by atoms with Gasteiger partial charge in [0.2, 0.25) is 0 Å². The molecule has 3 heteroatoms. The van der Waals surface area contributed by atoms with Crippen molar-refractivity contribution in [2.45, 2.75) is 32.9 Å². The molecule has 0 spiro atoms. The van der Waals surface area contributed by atoms with Crippen LogP contribution >= 0.6 is 11.6 Å². The summed E-state index contributed by atoms with van der Waals surface area (Å²) >= 11 is 5.97. The fourth-order valence-electron chi connectivity index (χ4n) is 2.22. The van der Waals surface area contributed by atoms with Gasteiger partial charge in [0.05, 0.1) is 0 Å². The molecule has 117 valence electrons. The minimum atomic E-state index is -0.213. The van der Waals surface area contributed by atoms with E-state index in [1.165, 1.54) is 5.56 Å². The van der Waals surface area contributed by atoms with E-state index in [4.69, 9.17) is 16.3 Å². The highest BCUT2D eigenvalue weighted by Crippen LogP contribution is 2.25. The number of alkyl halides is 1. The van der Waals surface area contributed by atoms with Gasteiger partial charge in [-0.15, -0.1) is 11.6 Å². The Balaban J connectivity index is 2.19. The lowest BCUT2D eigenvalue weighted by Crippen LogP contribution is -2.26. The molecule has 0 unspecified atom stereocenters. The van der Waals surface area contributed by atoms with Gasteiger partial charge in [-0.25, -0.2) is 0 Å². The van der Waals surface area contributed by atoms with Crippen LogP contribution in [0.3, 0.4) is 0 Å². The fraction of sp³-hybridized carbons (Fsp3) is 0.368. The Kier molecular flexibility index (Phi) is 5.73. The molecule has 0 saturated carbocycles. The Bertz CT molecular complexity index is 577. The Labute approximate surface area is 138 Å². The number of halogens is 1. The summed E-state index contributed by atoms with van der Waals surface area (Å²) in [7, 11) is 0. The van der Waals surface area contributed by atoms with Gasteiger partial charge in [-0.05, 0) is 38.5 Å². The first kappa shape index (κ1) is 16.7. The molecule has 0 bridgehead atoms. The topological polar surface area (TPSA) is 12.5 Å². The predicted molar refractivity (Wildman–Crippen MR) is 93.9 cm³/mol. The maximum Gasteiger partial charge on any atom is 0.122 e. The van der Waals surface area contributed by atoms with Crippen LogP contribution in [0.25, 0.3) is 0 Å². The average molecular weight is 317 g/mol. The highest BCUT2D eigenvalue weighted by molar-refractivity contribution is 6.18. The van der Waals surface area contributed by atoms with Crippen LogP contribution in [-0.2, 0) is 6.54 Å². The van der Waals surface area contributed by atoms with Crippen molar-refractivity contribution in [3.05, 3.63) is 60.2 Å².